The zero-order chi connectivity index (χ0) is 11.9. The first-order valence-corrected chi connectivity index (χ1v) is 6.93. The number of piperazine rings is 1. The molecule has 1 N–H and O–H groups in total. The highest BCUT2D eigenvalue weighted by Gasteiger charge is 2.36. The highest BCUT2D eigenvalue weighted by Crippen LogP contribution is 2.35. The number of rotatable bonds is 8. The van der Waals surface area contributed by atoms with Crippen LogP contribution in [-0.4, -0.2) is 64.1 Å². The molecule has 1 aliphatic heterocycles. The van der Waals surface area contributed by atoms with E-state index in [9.17, 15) is 0 Å². The van der Waals surface area contributed by atoms with Crippen molar-refractivity contribution in [2.75, 3.05) is 53.1 Å². The van der Waals surface area contributed by atoms with Gasteiger partial charge in [-0.05, 0) is 25.2 Å². The lowest BCUT2D eigenvalue weighted by molar-refractivity contribution is 0.0604. The number of nitrogens with zero attached hydrogens (tertiary/aromatic N) is 1. The molecule has 0 aromatic carbocycles. The van der Waals surface area contributed by atoms with Crippen LogP contribution in [0.3, 0.4) is 0 Å². The molecule has 100 valence electrons. The summed E-state index contributed by atoms with van der Waals surface area (Å²) in [5.74, 6) is 0.955. The zero-order valence-electron chi connectivity index (χ0n) is 11.0. The van der Waals surface area contributed by atoms with Crippen molar-refractivity contribution >= 4 is 0 Å². The second-order valence-corrected chi connectivity index (χ2v) is 5.10. The van der Waals surface area contributed by atoms with Crippen LogP contribution < -0.4 is 5.32 Å². The maximum atomic E-state index is 5.64. The normalized spacial score (nSPS) is 26.3. The van der Waals surface area contributed by atoms with Gasteiger partial charge in [-0.1, -0.05) is 0 Å². The third kappa shape index (κ3) is 4.54. The third-order valence-corrected chi connectivity index (χ3v) is 3.72. The molecule has 0 aromatic heterocycles. The van der Waals surface area contributed by atoms with E-state index in [1.165, 1.54) is 25.9 Å². The summed E-state index contributed by atoms with van der Waals surface area (Å²) in [5.41, 5.74) is 0. The van der Waals surface area contributed by atoms with Crippen LogP contribution in [0.2, 0.25) is 0 Å². The molecular formula is C13H26N2O2. The first kappa shape index (κ1) is 13.3. The van der Waals surface area contributed by atoms with E-state index in [1.807, 2.05) is 0 Å². The first-order valence-electron chi connectivity index (χ1n) is 6.93. The molecule has 1 heterocycles. The Morgan fingerprint density at radius 1 is 1.24 bits per heavy atom. The summed E-state index contributed by atoms with van der Waals surface area (Å²) in [4.78, 5) is 2.62. The van der Waals surface area contributed by atoms with Crippen molar-refractivity contribution in [1.82, 2.24) is 10.2 Å². The van der Waals surface area contributed by atoms with Crippen molar-refractivity contribution in [1.29, 1.82) is 0 Å². The molecule has 1 unspecified atom stereocenters. The molecule has 0 radical (unpaired) electrons. The van der Waals surface area contributed by atoms with Gasteiger partial charge in [0.2, 0.25) is 0 Å². The van der Waals surface area contributed by atoms with Crippen molar-refractivity contribution in [3.8, 4) is 0 Å². The molecule has 0 bridgehead atoms. The second kappa shape index (κ2) is 7.31. The Bertz CT molecular complexity index is 210. The summed E-state index contributed by atoms with van der Waals surface area (Å²) in [6.45, 7) is 7.08. The van der Waals surface area contributed by atoms with Gasteiger partial charge in [-0.15, -0.1) is 0 Å². The van der Waals surface area contributed by atoms with Gasteiger partial charge in [0.15, 0.2) is 0 Å². The monoisotopic (exact) mass is 242 g/mol. The predicted molar refractivity (Wildman–Crippen MR) is 68.3 cm³/mol. The Hall–Kier alpha value is -0.160. The van der Waals surface area contributed by atoms with Gasteiger partial charge >= 0.3 is 0 Å². The van der Waals surface area contributed by atoms with Gasteiger partial charge in [0.1, 0.15) is 0 Å². The molecule has 4 heteroatoms. The SMILES string of the molecule is COCCCOCCN1CCNCC1C1CC1. The third-order valence-electron chi connectivity index (χ3n) is 3.72. The zero-order valence-corrected chi connectivity index (χ0v) is 11.0. The maximum Gasteiger partial charge on any atom is 0.0593 e. The molecular weight excluding hydrogens is 216 g/mol. The molecule has 1 saturated carbocycles. The molecule has 2 rings (SSSR count). The van der Waals surface area contributed by atoms with Gasteiger partial charge in [-0.3, -0.25) is 4.90 Å². The lowest BCUT2D eigenvalue weighted by Gasteiger charge is -2.36. The molecule has 0 aromatic rings. The van der Waals surface area contributed by atoms with Crippen LogP contribution in [0.5, 0.6) is 0 Å². The molecule has 1 atom stereocenters. The van der Waals surface area contributed by atoms with Crippen molar-refractivity contribution in [2.45, 2.75) is 25.3 Å². The summed E-state index contributed by atoms with van der Waals surface area (Å²) < 4.78 is 10.6. The van der Waals surface area contributed by atoms with E-state index in [4.69, 9.17) is 9.47 Å². The van der Waals surface area contributed by atoms with Gasteiger partial charge in [0.05, 0.1) is 6.61 Å². The van der Waals surface area contributed by atoms with Crippen LogP contribution in [0.15, 0.2) is 0 Å². The van der Waals surface area contributed by atoms with E-state index in [0.717, 1.165) is 51.3 Å². The number of nitrogens with one attached hydrogen (secondary N) is 1. The fourth-order valence-corrected chi connectivity index (χ4v) is 2.58. The Morgan fingerprint density at radius 2 is 2.12 bits per heavy atom. The summed E-state index contributed by atoms with van der Waals surface area (Å²) in [6.07, 6.45) is 3.86. The molecule has 17 heavy (non-hydrogen) atoms. The van der Waals surface area contributed by atoms with E-state index in [-0.39, 0.29) is 0 Å². The van der Waals surface area contributed by atoms with Crippen LogP contribution in [0.25, 0.3) is 0 Å². The minimum atomic E-state index is 0.770. The van der Waals surface area contributed by atoms with Crippen molar-refractivity contribution in [3.63, 3.8) is 0 Å². The second-order valence-electron chi connectivity index (χ2n) is 5.10. The van der Waals surface area contributed by atoms with Crippen LogP contribution in [0, 0.1) is 5.92 Å². The Kier molecular flexibility index (Phi) is 5.71. The number of methoxy groups -OCH3 is 1. The van der Waals surface area contributed by atoms with Crippen LogP contribution in [-0.2, 0) is 9.47 Å². The Balaban J connectivity index is 1.56. The Morgan fingerprint density at radius 3 is 2.88 bits per heavy atom. The molecule has 1 aliphatic carbocycles. The van der Waals surface area contributed by atoms with Crippen molar-refractivity contribution in [2.24, 2.45) is 5.92 Å². The fraction of sp³-hybridized carbons (Fsp3) is 1.00. The van der Waals surface area contributed by atoms with Crippen molar-refractivity contribution in [3.05, 3.63) is 0 Å². The average molecular weight is 242 g/mol. The standard InChI is InChI=1S/C13H26N2O2/c1-16-8-2-9-17-10-7-15-6-5-14-11-13(15)12-3-4-12/h12-14H,2-11H2,1H3. The lowest BCUT2D eigenvalue weighted by atomic mass is 10.1. The van der Waals surface area contributed by atoms with Crippen molar-refractivity contribution < 1.29 is 9.47 Å². The van der Waals surface area contributed by atoms with Gasteiger partial charge in [-0.25, -0.2) is 0 Å². The van der Waals surface area contributed by atoms with Gasteiger partial charge in [0, 0.05) is 52.5 Å². The quantitative estimate of drug-likeness (QED) is 0.636. The van der Waals surface area contributed by atoms with E-state index < -0.39 is 0 Å². The van der Waals surface area contributed by atoms with Gasteiger partial charge in [0.25, 0.3) is 0 Å². The predicted octanol–water partition coefficient (Wildman–Crippen LogP) is 0.723. The largest absolute Gasteiger partial charge is 0.385 e. The summed E-state index contributed by atoms with van der Waals surface area (Å²) >= 11 is 0. The molecule has 1 saturated heterocycles. The minimum absolute atomic E-state index is 0.770. The highest BCUT2D eigenvalue weighted by molar-refractivity contribution is 4.92. The molecule has 2 aliphatic rings. The highest BCUT2D eigenvalue weighted by atomic mass is 16.5. The Labute approximate surface area is 105 Å². The molecule has 0 amide bonds. The van der Waals surface area contributed by atoms with E-state index >= 15 is 0 Å². The molecule has 2 fully saturated rings. The minimum Gasteiger partial charge on any atom is -0.385 e. The van der Waals surface area contributed by atoms with E-state index in [2.05, 4.69) is 10.2 Å². The maximum absolute atomic E-state index is 5.64. The smallest absolute Gasteiger partial charge is 0.0593 e. The summed E-state index contributed by atoms with van der Waals surface area (Å²) in [6, 6.07) is 0.770. The number of hydrogen-bond acceptors (Lipinski definition) is 4. The van der Waals surface area contributed by atoms with E-state index in [0.29, 0.717) is 0 Å². The van der Waals surface area contributed by atoms with Crippen LogP contribution >= 0.6 is 0 Å². The molecule has 4 nitrogen and oxygen atoms in total. The number of hydrogen-bond donors (Lipinski definition) is 1. The summed E-state index contributed by atoms with van der Waals surface area (Å²) in [5, 5.41) is 3.51. The first-order chi connectivity index (χ1) is 8.42. The lowest BCUT2D eigenvalue weighted by Crippen LogP contribution is -2.53. The van der Waals surface area contributed by atoms with Crippen LogP contribution in [0.4, 0.5) is 0 Å². The molecule has 0 spiro atoms. The fourth-order valence-electron chi connectivity index (χ4n) is 2.58. The van der Waals surface area contributed by atoms with Gasteiger partial charge < -0.3 is 14.8 Å². The van der Waals surface area contributed by atoms with Crippen LogP contribution in [0.1, 0.15) is 19.3 Å². The van der Waals surface area contributed by atoms with E-state index in [1.54, 1.807) is 7.11 Å². The number of ether oxygens (including phenoxy) is 2. The van der Waals surface area contributed by atoms with Gasteiger partial charge in [-0.2, -0.15) is 0 Å². The average Bonchev–Trinajstić information content (AvgIpc) is 3.18. The topological polar surface area (TPSA) is 33.7 Å². The summed E-state index contributed by atoms with van der Waals surface area (Å²) in [7, 11) is 1.74.